The maximum atomic E-state index is 13.8. The van der Waals surface area contributed by atoms with E-state index in [4.69, 9.17) is 10.2 Å². The van der Waals surface area contributed by atoms with Gasteiger partial charge >= 0.3 is 5.97 Å². The topological polar surface area (TPSA) is 61.5 Å². The minimum absolute atomic E-state index is 0.0953. The first kappa shape index (κ1) is 20.3. The molecule has 0 aliphatic rings. The molecule has 21 heavy (non-hydrogen) atoms. The van der Waals surface area contributed by atoms with Crippen LogP contribution in [0.25, 0.3) is 0 Å². The molecule has 0 spiro atoms. The zero-order valence-electron chi connectivity index (χ0n) is 14.4. The molecule has 0 saturated carbocycles. The lowest BCUT2D eigenvalue weighted by atomic mass is 9.97. The molecule has 0 fully saturated rings. The summed E-state index contributed by atoms with van der Waals surface area (Å²) in [7, 11) is -0.595. The van der Waals surface area contributed by atoms with Gasteiger partial charge in [-0.2, -0.15) is 0 Å². The van der Waals surface area contributed by atoms with Crippen LogP contribution in [0.3, 0.4) is 0 Å². The van der Waals surface area contributed by atoms with Gasteiger partial charge in [0.25, 0.3) is 0 Å². The standard InChI is InChI=1S/C15H30FNO3Si/c1-14(2,3)21(6,7)20-11-9-12(16)8-10-15(4,17)13(18)19-5/h9H,8,10-11,17H2,1-7H3. The number of ether oxygens (including phenoxy) is 1. The third-order valence-electron chi connectivity index (χ3n) is 4.09. The lowest BCUT2D eigenvalue weighted by molar-refractivity contribution is -0.146. The van der Waals surface area contributed by atoms with Gasteiger partial charge in [-0.05, 0) is 37.6 Å². The fourth-order valence-electron chi connectivity index (χ4n) is 1.37. The first-order valence-electron chi connectivity index (χ1n) is 7.19. The minimum atomic E-state index is -1.87. The molecule has 0 rings (SSSR count). The van der Waals surface area contributed by atoms with Gasteiger partial charge in [0.05, 0.1) is 19.5 Å². The number of allylic oxidation sites excluding steroid dienone is 1. The van der Waals surface area contributed by atoms with E-state index < -0.39 is 19.8 Å². The van der Waals surface area contributed by atoms with Crippen molar-refractivity contribution in [3.63, 3.8) is 0 Å². The van der Waals surface area contributed by atoms with Gasteiger partial charge in [-0.15, -0.1) is 0 Å². The monoisotopic (exact) mass is 319 g/mol. The Morgan fingerprint density at radius 2 is 1.81 bits per heavy atom. The molecule has 1 atom stereocenters. The summed E-state index contributed by atoms with van der Waals surface area (Å²) in [6, 6.07) is 0. The highest BCUT2D eigenvalue weighted by molar-refractivity contribution is 6.74. The van der Waals surface area contributed by atoms with Gasteiger partial charge in [-0.25, -0.2) is 4.39 Å². The van der Waals surface area contributed by atoms with Gasteiger partial charge in [-0.3, -0.25) is 4.79 Å². The highest BCUT2D eigenvalue weighted by Crippen LogP contribution is 2.36. The zero-order valence-corrected chi connectivity index (χ0v) is 15.4. The Hall–Kier alpha value is -0.723. The minimum Gasteiger partial charge on any atom is -0.468 e. The molecule has 0 amide bonds. The van der Waals surface area contributed by atoms with Crippen molar-refractivity contribution in [1.82, 2.24) is 0 Å². The van der Waals surface area contributed by atoms with E-state index in [1.54, 1.807) is 0 Å². The van der Waals surface area contributed by atoms with Gasteiger partial charge in [0, 0.05) is 6.42 Å². The summed E-state index contributed by atoms with van der Waals surface area (Å²) in [5.41, 5.74) is 4.61. The fourth-order valence-corrected chi connectivity index (χ4v) is 2.31. The number of esters is 1. The molecule has 2 N–H and O–H groups in total. The van der Waals surface area contributed by atoms with Crippen molar-refractivity contribution >= 4 is 14.3 Å². The van der Waals surface area contributed by atoms with Crippen molar-refractivity contribution in [1.29, 1.82) is 0 Å². The molecule has 0 heterocycles. The lowest BCUT2D eigenvalue weighted by Crippen LogP contribution is -2.45. The number of hydrogen-bond donors (Lipinski definition) is 1. The lowest BCUT2D eigenvalue weighted by Gasteiger charge is -2.35. The Bertz CT molecular complexity index is 387. The molecule has 0 saturated heterocycles. The molecule has 0 aromatic rings. The van der Waals surface area contributed by atoms with E-state index in [2.05, 4.69) is 38.6 Å². The quantitative estimate of drug-likeness (QED) is 0.576. The average molecular weight is 319 g/mol. The molecular formula is C15H30FNO3Si. The molecule has 6 heteroatoms. The Morgan fingerprint density at radius 3 is 2.24 bits per heavy atom. The number of hydrogen-bond acceptors (Lipinski definition) is 4. The van der Waals surface area contributed by atoms with Gasteiger partial charge < -0.3 is 14.9 Å². The summed E-state index contributed by atoms with van der Waals surface area (Å²) in [4.78, 5) is 11.4. The Morgan fingerprint density at radius 1 is 1.29 bits per heavy atom. The summed E-state index contributed by atoms with van der Waals surface area (Å²) in [5, 5.41) is 0.0953. The highest BCUT2D eigenvalue weighted by atomic mass is 28.4. The van der Waals surface area contributed by atoms with Crippen molar-refractivity contribution < 1.29 is 18.3 Å². The molecule has 1 unspecified atom stereocenters. The summed E-state index contributed by atoms with van der Waals surface area (Å²) >= 11 is 0. The van der Waals surface area contributed by atoms with Gasteiger partial charge in [-0.1, -0.05) is 20.8 Å². The van der Waals surface area contributed by atoms with Crippen molar-refractivity contribution in [2.75, 3.05) is 13.7 Å². The van der Waals surface area contributed by atoms with E-state index in [1.807, 2.05) is 0 Å². The van der Waals surface area contributed by atoms with Gasteiger partial charge in [0.1, 0.15) is 5.54 Å². The Labute approximate surface area is 129 Å². The van der Waals surface area contributed by atoms with Crippen LogP contribution in [0.5, 0.6) is 0 Å². The normalized spacial score (nSPS) is 16.5. The van der Waals surface area contributed by atoms with E-state index in [0.717, 1.165) is 0 Å². The molecule has 0 aromatic carbocycles. The van der Waals surface area contributed by atoms with Crippen LogP contribution in [0.1, 0.15) is 40.5 Å². The average Bonchev–Trinajstić information content (AvgIpc) is 2.33. The molecule has 0 aliphatic heterocycles. The zero-order chi connectivity index (χ0) is 16.9. The fraction of sp³-hybridized carbons (Fsp3) is 0.800. The smallest absolute Gasteiger partial charge is 0.325 e. The van der Waals surface area contributed by atoms with Crippen LogP contribution in [0.15, 0.2) is 11.9 Å². The first-order valence-corrected chi connectivity index (χ1v) is 10.1. The third-order valence-corrected chi connectivity index (χ3v) is 8.59. The van der Waals surface area contributed by atoms with Crippen molar-refractivity contribution in [3.8, 4) is 0 Å². The van der Waals surface area contributed by atoms with E-state index >= 15 is 0 Å². The van der Waals surface area contributed by atoms with Crippen LogP contribution in [0, 0.1) is 0 Å². The second kappa shape index (κ2) is 7.51. The highest BCUT2D eigenvalue weighted by Gasteiger charge is 2.36. The molecule has 4 nitrogen and oxygen atoms in total. The molecular weight excluding hydrogens is 289 g/mol. The number of nitrogens with two attached hydrogens (primary N) is 1. The van der Waals surface area contributed by atoms with Crippen LogP contribution < -0.4 is 5.73 Å². The molecule has 0 aliphatic carbocycles. The summed E-state index contributed by atoms with van der Waals surface area (Å²) in [6.45, 7) is 12.4. The SMILES string of the molecule is COC(=O)C(C)(N)CCC(F)=CCO[Si](C)(C)C(C)(C)C. The number of rotatable bonds is 7. The number of carbonyl (C=O) groups is 1. The maximum absolute atomic E-state index is 13.8. The summed E-state index contributed by atoms with van der Waals surface area (Å²) < 4.78 is 24.2. The van der Waals surface area contributed by atoms with Gasteiger partial charge in [0.2, 0.25) is 0 Å². The van der Waals surface area contributed by atoms with E-state index in [-0.39, 0.29) is 30.3 Å². The van der Waals surface area contributed by atoms with Crippen LogP contribution >= 0.6 is 0 Å². The second-order valence-electron chi connectivity index (χ2n) is 7.13. The van der Waals surface area contributed by atoms with E-state index in [0.29, 0.717) is 0 Å². The van der Waals surface area contributed by atoms with E-state index in [1.165, 1.54) is 20.1 Å². The van der Waals surface area contributed by atoms with Crippen LogP contribution in [0.2, 0.25) is 18.1 Å². The molecule has 0 aromatic heterocycles. The van der Waals surface area contributed by atoms with Crippen molar-refractivity contribution in [2.24, 2.45) is 5.73 Å². The maximum Gasteiger partial charge on any atom is 0.325 e. The number of carbonyl (C=O) groups excluding carboxylic acids is 1. The first-order chi connectivity index (χ1) is 9.33. The summed E-state index contributed by atoms with van der Waals surface area (Å²) in [5.74, 6) is -0.845. The van der Waals surface area contributed by atoms with Gasteiger partial charge in [0.15, 0.2) is 8.32 Å². The largest absolute Gasteiger partial charge is 0.468 e. The van der Waals surface area contributed by atoms with Crippen molar-refractivity contribution in [3.05, 3.63) is 11.9 Å². The third kappa shape index (κ3) is 6.71. The summed E-state index contributed by atoms with van der Waals surface area (Å²) in [6.07, 6.45) is 1.72. The van der Waals surface area contributed by atoms with Crippen LogP contribution in [0.4, 0.5) is 4.39 Å². The second-order valence-corrected chi connectivity index (χ2v) is 11.9. The predicted molar refractivity (Wildman–Crippen MR) is 86.2 cm³/mol. The molecule has 0 radical (unpaired) electrons. The van der Waals surface area contributed by atoms with Crippen LogP contribution in [-0.2, 0) is 14.0 Å². The number of methoxy groups -OCH3 is 1. The van der Waals surface area contributed by atoms with Crippen molar-refractivity contribution in [2.45, 2.75) is 64.2 Å². The predicted octanol–water partition coefficient (Wildman–Crippen LogP) is 3.53. The molecule has 0 bridgehead atoms. The van der Waals surface area contributed by atoms with Crippen LogP contribution in [-0.4, -0.2) is 33.5 Å². The van der Waals surface area contributed by atoms with E-state index in [9.17, 15) is 9.18 Å². The number of halogens is 1. The Kier molecular flexibility index (Phi) is 7.25. The Balaban J connectivity index is 4.38. The molecule has 124 valence electrons.